The Morgan fingerprint density at radius 3 is 2.94 bits per heavy atom. The van der Waals surface area contributed by atoms with Gasteiger partial charge in [0.25, 0.3) is 5.91 Å². The first kappa shape index (κ1) is 12.6. The summed E-state index contributed by atoms with van der Waals surface area (Å²) in [5.41, 5.74) is 0.768. The fourth-order valence-electron chi connectivity index (χ4n) is 1.37. The zero-order chi connectivity index (χ0) is 12.0. The number of methoxy groups -OCH3 is 1. The van der Waals surface area contributed by atoms with E-state index in [1.807, 2.05) is 0 Å². The predicted molar refractivity (Wildman–Crippen MR) is 60.0 cm³/mol. The maximum absolute atomic E-state index is 13.2. The number of carbonyl (C=O) groups excluding carboxylic acids is 1. The summed E-state index contributed by atoms with van der Waals surface area (Å²) >= 11 is 0. The maximum atomic E-state index is 13.2. The number of ether oxygens (including phenoxy) is 1. The van der Waals surface area contributed by atoms with Gasteiger partial charge in [-0.2, -0.15) is 0 Å². The molecule has 88 valence electrons. The summed E-state index contributed by atoms with van der Waals surface area (Å²) < 4.78 is 18.0. The minimum atomic E-state index is -0.357. The van der Waals surface area contributed by atoms with Crippen molar-refractivity contribution < 1.29 is 13.9 Å². The van der Waals surface area contributed by atoms with Gasteiger partial charge in [-0.15, -0.1) is 0 Å². The molecule has 16 heavy (non-hydrogen) atoms. The van der Waals surface area contributed by atoms with Gasteiger partial charge in [0.2, 0.25) is 0 Å². The molecule has 1 N–H and O–H groups in total. The average molecular weight is 225 g/mol. The molecule has 0 spiro atoms. The number of hydrogen-bond acceptors (Lipinski definition) is 2. The van der Waals surface area contributed by atoms with Gasteiger partial charge in [0.05, 0.1) is 0 Å². The molecular weight excluding hydrogens is 209 g/mol. The lowest BCUT2D eigenvalue weighted by molar-refractivity contribution is 0.0947. The van der Waals surface area contributed by atoms with Crippen LogP contribution in [0, 0.1) is 12.7 Å². The molecule has 0 heterocycles. The summed E-state index contributed by atoms with van der Waals surface area (Å²) in [5, 5.41) is 2.72. The van der Waals surface area contributed by atoms with Crippen LogP contribution >= 0.6 is 0 Å². The van der Waals surface area contributed by atoms with Gasteiger partial charge >= 0.3 is 0 Å². The van der Waals surface area contributed by atoms with E-state index < -0.39 is 0 Å². The quantitative estimate of drug-likeness (QED) is 0.777. The van der Waals surface area contributed by atoms with Crippen LogP contribution in [0.5, 0.6) is 0 Å². The fraction of sp³-hybridized carbons (Fsp3) is 0.417. The third-order valence-corrected chi connectivity index (χ3v) is 2.32. The lowest BCUT2D eigenvalue weighted by atomic mass is 10.1. The second kappa shape index (κ2) is 6.23. The SMILES string of the molecule is COCCCNC(=O)c1cccc(F)c1C. The summed E-state index contributed by atoms with van der Waals surface area (Å²) in [6, 6.07) is 4.49. The number of rotatable bonds is 5. The first-order valence-electron chi connectivity index (χ1n) is 5.19. The minimum absolute atomic E-state index is 0.242. The van der Waals surface area contributed by atoms with Crippen LogP contribution in [0.2, 0.25) is 0 Å². The number of amides is 1. The van der Waals surface area contributed by atoms with E-state index in [2.05, 4.69) is 5.32 Å². The largest absolute Gasteiger partial charge is 0.385 e. The van der Waals surface area contributed by atoms with E-state index in [0.29, 0.717) is 24.3 Å². The normalized spacial score (nSPS) is 10.2. The molecule has 0 fully saturated rings. The molecule has 0 atom stereocenters. The van der Waals surface area contributed by atoms with Crippen molar-refractivity contribution in [3.05, 3.63) is 35.1 Å². The Labute approximate surface area is 94.6 Å². The predicted octanol–water partition coefficient (Wildman–Crippen LogP) is 1.90. The third kappa shape index (κ3) is 3.31. The Morgan fingerprint density at radius 2 is 2.25 bits per heavy atom. The summed E-state index contributed by atoms with van der Waals surface area (Å²) in [4.78, 5) is 11.7. The Hall–Kier alpha value is -1.42. The zero-order valence-electron chi connectivity index (χ0n) is 9.55. The molecule has 0 aliphatic rings. The molecule has 0 aliphatic carbocycles. The Kier molecular flexibility index (Phi) is 4.92. The van der Waals surface area contributed by atoms with Gasteiger partial charge in [-0.1, -0.05) is 6.07 Å². The molecule has 0 saturated heterocycles. The molecule has 0 bridgehead atoms. The van der Waals surface area contributed by atoms with E-state index in [1.165, 1.54) is 12.1 Å². The van der Waals surface area contributed by atoms with Crippen LogP contribution in [0.15, 0.2) is 18.2 Å². The number of nitrogens with one attached hydrogen (secondary N) is 1. The van der Waals surface area contributed by atoms with Crippen LogP contribution in [-0.4, -0.2) is 26.2 Å². The second-order valence-electron chi connectivity index (χ2n) is 3.51. The lowest BCUT2D eigenvalue weighted by Crippen LogP contribution is -2.26. The molecule has 0 saturated carbocycles. The Bertz CT molecular complexity index is 366. The van der Waals surface area contributed by atoms with Gasteiger partial charge in [0.15, 0.2) is 0 Å². The molecule has 4 heteroatoms. The van der Waals surface area contributed by atoms with E-state index >= 15 is 0 Å². The van der Waals surface area contributed by atoms with Gasteiger partial charge in [-0.3, -0.25) is 4.79 Å². The topological polar surface area (TPSA) is 38.3 Å². The van der Waals surface area contributed by atoms with E-state index in [0.717, 1.165) is 6.42 Å². The van der Waals surface area contributed by atoms with E-state index in [9.17, 15) is 9.18 Å². The monoisotopic (exact) mass is 225 g/mol. The molecule has 1 rings (SSSR count). The maximum Gasteiger partial charge on any atom is 0.251 e. The number of carbonyl (C=O) groups is 1. The first-order valence-corrected chi connectivity index (χ1v) is 5.19. The van der Waals surface area contributed by atoms with Crippen molar-refractivity contribution >= 4 is 5.91 Å². The van der Waals surface area contributed by atoms with Crippen LogP contribution < -0.4 is 5.32 Å². The van der Waals surface area contributed by atoms with E-state index in [-0.39, 0.29) is 11.7 Å². The summed E-state index contributed by atoms with van der Waals surface area (Å²) in [7, 11) is 1.61. The lowest BCUT2D eigenvalue weighted by Gasteiger charge is -2.07. The van der Waals surface area contributed by atoms with Gasteiger partial charge < -0.3 is 10.1 Å². The van der Waals surface area contributed by atoms with E-state index in [4.69, 9.17) is 4.74 Å². The zero-order valence-corrected chi connectivity index (χ0v) is 9.55. The summed E-state index contributed by atoms with van der Waals surface area (Å²) in [6.07, 6.45) is 0.747. The highest BCUT2D eigenvalue weighted by atomic mass is 19.1. The van der Waals surface area contributed by atoms with Crippen LogP contribution in [0.4, 0.5) is 4.39 Å². The van der Waals surface area contributed by atoms with Crippen LogP contribution in [-0.2, 0) is 4.74 Å². The van der Waals surface area contributed by atoms with Crippen LogP contribution in [0.3, 0.4) is 0 Å². The van der Waals surface area contributed by atoms with Crippen molar-refractivity contribution in [2.45, 2.75) is 13.3 Å². The van der Waals surface area contributed by atoms with Crippen molar-refractivity contribution in [2.75, 3.05) is 20.3 Å². The highest BCUT2D eigenvalue weighted by Crippen LogP contribution is 2.11. The van der Waals surface area contributed by atoms with Crippen molar-refractivity contribution in [3.8, 4) is 0 Å². The molecule has 1 amide bonds. The first-order chi connectivity index (χ1) is 7.66. The standard InChI is InChI=1S/C12H16FNO2/c1-9-10(5-3-6-11(9)13)12(15)14-7-4-8-16-2/h3,5-6H,4,7-8H2,1-2H3,(H,14,15). The minimum Gasteiger partial charge on any atom is -0.385 e. The number of hydrogen-bond donors (Lipinski definition) is 1. The van der Waals surface area contributed by atoms with Gasteiger partial charge in [0, 0.05) is 25.8 Å². The van der Waals surface area contributed by atoms with Crippen LogP contribution in [0.25, 0.3) is 0 Å². The molecular formula is C12H16FNO2. The van der Waals surface area contributed by atoms with Crippen molar-refractivity contribution in [1.82, 2.24) is 5.32 Å². The van der Waals surface area contributed by atoms with Gasteiger partial charge in [-0.25, -0.2) is 4.39 Å². The third-order valence-electron chi connectivity index (χ3n) is 2.32. The number of benzene rings is 1. The van der Waals surface area contributed by atoms with Gasteiger partial charge in [-0.05, 0) is 31.0 Å². The molecule has 0 aromatic heterocycles. The Balaban J connectivity index is 2.56. The molecule has 0 unspecified atom stereocenters. The molecule has 1 aromatic carbocycles. The fourth-order valence-corrected chi connectivity index (χ4v) is 1.37. The molecule has 3 nitrogen and oxygen atoms in total. The smallest absolute Gasteiger partial charge is 0.251 e. The highest BCUT2D eigenvalue weighted by Gasteiger charge is 2.10. The average Bonchev–Trinajstić information content (AvgIpc) is 2.28. The van der Waals surface area contributed by atoms with Crippen molar-refractivity contribution in [2.24, 2.45) is 0 Å². The van der Waals surface area contributed by atoms with Crippen molar-refractivity contribution in [3.63, 3.8) is 0 Å². The van der Waals surface area contributed by atoms with Gasteiger partial charge in [0.1, 0.15) is 5.82 Å². The molecule has 0 aliphatic heterocycles. The summed E-state index contributed by atoms with van der Waals surface area (Å²) in [6.45, 7) is 2.73. The Morgan fingerprint density at radius 1 is 1.50 bits per heavy atom. The van der Waals surface area contributed by atoms with Crippen molar-refractivity contribution in [1.29, 1.82) is 0 Å². The number of halogens is 1. The van der Waals surface area contributed by atoms with Crippen LogP contribution in [0.1, 0.15) is 22.3 Å². The molecule has 1 aromatic rings. The highest BCUT2D eigenvalue weighted by molar-refractivity contribution is 5.95. The van der Waals surface area contributed by atoms with E-state index in [1.54, 1.807) is 20.1 Å². The second-order valence-corrected chi connectivity index (χ2v) is 3.51. The summed E-state index contributed by atoms with van der Waals surface area (Å²) in [5.74, 6) is -0.599. The molecule has 0 radical (unpaired) electrons.